The average molecular weight is 451 g/mol. The normalized spacial score (nSPS) is 14.2. The zero-order chi connectivity index (χ0) is 22.3. The predicted molar refractivity (Wildman–Crippen MR) is 126 cm³/mol. The average Bonchev–Trinajstić information content (AvgIpc) is 2.83. The minimum absolute atomic E-state index is 0.0616. The third-order valence-electron chi connectivity index (χ3n) is 5.59. The molecule has 1 saturated heterocycles. The molecular formula is C26H27ClN2O3. The molecule has 1 heterocycles. The highest BCUT2D eigenvalue weighted by Gasteiger charge is 2.22. The number of para-hydroxylation sites is 2. The second-order valence-electron chi connectivity index (χ2n) is 7.84. The van der Waals surface area contributed by atoms with Crippen molar-refractivity contribution < 1.29 is 14.3 Å². The van der Waals surface area contributed by atoms with Gasteiger partial charge in [0.15, 0.2) is 11.5 Å². The Morgan fingerprint density at radius 2 is 1.59 bits per heavy atom. The lowest BCUT2D eigenvalue weighted by Gasteiger charge is -2.35. The molecule has 3 aromatic carbocycles. The summed E-state index contributed by atoms with van der Waals surface area (Å²) in [6.07, 6.45) is 0. The van der Waals surface area contributed by atoms with Crippen LogP contribution in [0.25, 0.3) is 0 Å². The molecule has 0 unspecified atom stereocenters. The number of benzene rings is 3. The maximum Gasteiger partial charge on any atom is 0.253 e. The Labute approximate surface area is 194 Å². The van der Waals surface area contributed by atoms with Crippen LogP contribution in [0.5, 0.6) is 11.5 Å². The van der Waals surface area contributed by atoms with Gasteiger partial charge in [-0.3, -0.25) is 9.69 Å². The molecule has 0 bridgehead atoms. The highest BCUT2D eigenvalue weighted by molar-refractivity contribution is 6.30. The van der Waals surface area contributed by atoms with Crippen molar-refractivity contribution in [2.45, 2.75) is 13.2 Å². The zero-order valence-corrected chi connectivity index (χ0v) is 18.9. The zero-order valence-electron chi connectivity index (χ0n) is 18.2. The van der Waals surface area contributed by atoms with Crippen LogP contribution < -0.4 is 9.47 Å². The Morgan fingerprint density at radius 1 is 0.875 bits per heavy atom. The van der Waals surface area contributed by atoms with Gasteiger partial charge in [0, 0.05) is 43.3 Å². The van der Waals surface area contributed by atoms with E-state index in [1.165, 1.54) is 5.56 Å². The van der Waals surface area contributed by atoms with Crippen LogP contribution >= 0.6 is 11.6 Å². The summed E-state index contributed by atoms with van der Waals surface area (Å²) in [5, 5.41) is 0.755. The molecule has 0 radical (unpaired) electrons. The number of hydrogen-bond acceptors (Lipinski definition) is 4. The van der Waals surface area contributed by atoms with Crippen molar-refractivity contribution in [2.75, 3.05) is 33.3 Å². The van der Waals surface area contributed by atoms with Crippen LogP contribution in [0.4, 0.5) is 0 Å². The van der Waals surface area contributed by atoms with Gasteiger partial charge in [-0.15, -0.1) is 0 Å². The molecule has 1 aliphatic heterocycles. The third kappa shape index (κ3) is 5.61. The first-order valence-electron chi connectivity index (χ1n) is 10.7. The van der Waals surface area contributed by atoms with Crippen molar-refractivity contribution in [3.05, 3.63) is 94.5 Å². The van der Waals surface area contributed by atoms with E-state index < -0.39 is 0 Å². The second-order valence-corrected chi connectivity index (χ2v) is 8.27. The van der Waals surface area contributed by atoms with Crippen molar-refractivity contribution in [3.8, 4) is 11.5 Å². The molecule has 5 nitrogen and oxygen atoms in total. The lowest BCUT2D eigenvalue weighted by atomic mass is 10.1. The van der Waals surface area contributed by atoms with Crippen LogP contribution in [0.15, 0.2) is 72.8 Å². The Kier molecular flexibility index (Phi) is 7.30. The third-order valence-corrected chi connectivity index (χ3v) is 5.83. The fourth-order valence-electron chi connectivity index (χ4n) is 3.88. The SMILES string of the molecule is COc1ccccc1OCc1cccc(C(=O)N2CCN(Cc3cccc(Cl)c3)CC2)c1. The molecule has 0 saturated carbocycles. The van der Waals surface area contributed by atoms with E-state index in [-0.39, 0.29) is 5.91 Å². The molecule has 0 atom stereocenters. The van der Waals surface area contributed by atoms with E-state index in [1.54, 1.807) is 7.11 Å². The number of ether oxygens (including phenoxy) is 2. The van der Waals surface area contributed by atoms with Gasteiger partial charge in [0.1, 0.15) is 6.61 Å². The first kappa shape index (κ1) is 22.2. The molecule has 1 fully saturated rings. The van der Waals surface area contributed by atoms with Crippen molar-refractivity contribution in [1.29, 1.82) is 0 Å². The first-order chi connectivity index (χ1) is 15.6. The van der Waals surface area contributed by atoms with Gasteiger partial charge in [-0.2, -0.15) is 0 Å². The van der Waals surface area contributed by atoms with E-state index in [0.717, 1.165) is 30.2 Å². The van der Waals surface area contributed by atoms with Gasteiger partial charge in [-0.1, -0.05) is 48.0 Å². The van der Waals surface area contributed by atoms with Gasteiger partial charge in [-0.05, 0) is 47.5 Å². The van der Waals surface area contributed by atoms with Crippen molar-refractivity contribution in [3.63, 3.8) is 0 Å². The molecule has 0 aromatic heterocycles. The summed E-state index contributed by atoms with van der Waals surface area (Å²) in [6.45, 7) is 4.32. The maximum absolute atomic E-state index is 13.1. The van der Waals surface area contributed by atoms with Crippen LogP contribution in [-0.2, 0) is 13.2 Å². The van der Waals surface area contributed by atoms with Crippen molar-refractivity contribution in [2.24, 2.45) is 0 Å². The van der Waals surface area contributed by atoms with E-state index in [1.807, 2.05) is 71.6 Å². The van der Waals surface area contributed by atoms with Gasteiger partial charge in [0.05, 0.1) is 7.11 Å². The number of piperazine rings is 1. The Morgan fingerprint density at radius 3 is 2.34 bits per heavy atom. The topological polar surface area (TPSA) is 42.0 Å². The molecule has 3 aromatic rings. The van der Waals surface area contributed by atoms with Crippen LogP contribution in [0.3, 0.4) is 0 Å². The Bertz CT molecular complexity index is 1060. The highest BCUT2D eigenvalue weighted by Crippen LogP contribution is 2.26. The molecule has 0 aliphatic carbocycles. The highest BCUT2D eigenvalue weighted by atomic mass is 35.5. The van der Waals surface area contributed by atoms with Gasteiger partial charge in [0.25, 0.3) is 5.91 Å². The fourth-order valence-corrected chi connectivity index (χ4v) is 4.09. The second kappa shape index (κ2) is 10.5. The van der Waals surface area contributed by atoms with Gasteiger partial charge >= 0.3 is 0 Å². The number of methoxy groups -OCH3 is 1. The van der Waals surface area contributed by atoms with Crippen LogP contribution in [0.1, 0.15) is 21.5 Å². The Hall–Kier alpha value is -3.02. The number of amides is 1. The summed E-state index contributed by atoms with van der Waals surface area (Å²) < 4.78 is 11.2. The summed E-state index contributed by atoms with van der Waals surface area (Å²) in [5.41, 5.74) is 2.83. The lowest BCUT2D eigenvalue weighted by molar-refractivity contribution is 0.0628. The molecule has 0 N–H and O–H groups in total. The number of nitrogens with zero attached hydrogens (tertiary/aromatic N) is 2. The van der Waals surface area contributed by atoms with E-state index in [4.69, 9.17) is 21.1 Å². The summed E-state index contributed by atoms with van der Waals surface area (Å²) in [4.78, 5) is 17.3. The van der Waals surface area contributed by atoms with E-state index in [0.29, 0.717) is 36.8 Å². The van der Waals surface area contributed by atoms with E-state index in [9.17, 15) is 4.79 Å². The molecule has 1 aliphatic rings. The fraction of sp³-hybridized carbons (Fsp3) is 0.269. The summed E-state index contributed by atoms with van der Waals surface area (Å²) >= 11 is 6.09. The molecule has 4 rings (SSSR count). The molecule has 6 heteroatoms. The van der Waals surface area contributed by atoms with E-state index in [2.05, 4.69) is 11.0 Å². The minimum Gasteiger partial charge on any atom is -0.493 e. The molecule has 32 heavy (non-hydrogen) atoms. The number of halogens is 1. The lowest BCUT2D eigenvalue weighted by Crippen LogP contribution is -2.48. The van der Waals surface area contributed by atoms with Crippen molar-refractivity contribution >= 4 is 17.5 Å². The maximum atomic E-state index is 13.1. The summed E-state index contributed by atoms with van der Waals surface area (Å²) in [5.74, 6) is 1.43. The molecule has 166 valence electrons. The largest absolute Gasteiger partial charge is 0.493 e. The number of rotatable bonds is 7. The summed E-state index contributed by atoms with van der Waals surface area (Å²) in [6, 6.07) is 23.1. The number of hydrogen-bond donors (Lipinski definition) is 0. The monoisotopic (exact) mass is 450 g/mol. The standard InChI is InChI=1S/C26H27ClN2O3/c1-31-24-10-2-3-11-25(24)32-19-21-7-4-8-22(16-21)26(30)29-14-12-28(13-15-29)18-20-6-5-9-23(27)17-20/h2-11,16-17H,12-15,18-19H2,1H3. The van der Waals surface area contributed by atoms with Gasteiger partial charge in [0.2, 0.25) is 0 Å². The van der Waals surface area contributed by atoms with E-state index >= 15 is 0 Å². The van der Waals surface area contributed by atoms with Crippen LogP contribution in [-0.4, -0.2) is 49.0 Å². The number of carbonyl (C=O) groups excluding carboxylic acids is 1. The van der Waals surface area contributed by atoms with Gasteiger partial charge < -0.3 is 14.4 Å². The minimum atomic E-state index is 0.0616. The van der Waals surface area contributed by atoms with Crippen LogP contribution in [0.2, 0.25) is 5.02 Å². The molecule has 0 spiro atoms. The first-order valence-corrected chi connectivity index (χ1v) is 11.1. The quantitative estimate of drug-likeness (QED) is 0.514. The smallest absolute Gasteiger partial charge is 0.253 e. The summed E-state index contributed by atoms with van der Waals surface area (Å²) in [7, 11) is 1.62. The molecule has 1 amide bonds. The number of carbonyl (C=O) groups is 1. The Balaban J connectivity index is 1.33. The van der Waals surface area contributed by atoms with Gasteiger partial charge in [-0.25, -0.2) is 0 Å². The van der Waals surface area contributed by atoms with Crippen LogP contribution in [0, 0.1) is 0 Å². The molecular weight excluding hydrogens is 424 g/mol. The van der Waals surface area contributed by atoms with Crippen molar-refractivity contribution in [1.82, 2.24) is 9.80 Å². The predicted octanol–water partition coefficient (Wildman–Crippen LogP) is 4.89.